The van der Waals surface area contributed by atoms with Gasteiger partial charge >= 0.3 is 0 Å². The van der Waals surface area contributed by atoms with Gasteiger partial charge in [-0.25, -0.2) is 0 Å². The Bertz CT molecular complexity index is 386. The molecule has 0 aliphatic rings. The first-order valence-electron chi connectivity index (χ1n) is 6.44. The maximum Gasteiger partial charge on any atom is 0.120 e. The van der Waals surface area contributed by atoms with Gasteiger partial charge in [0, 0.05) is 25.2 Å². The van der Waals surface area contributed by atoms with Crippen LogP contribution in [0.3, 0.4) is 0 Å². The maximum atomic E-state index is 9.76. The fourth-order valence-corrected chi connectivity index (χ4v) is 2.30. The Hall–Kier alpha value is -1.06. The highest BCUT2D eigenvalue weighted by Crippen LogP contribution is 2.19. The third-order valence-electron chi connectivity index (χ3n) is 2.90. The lowest BCUT2D eigenvalue weighted by Gasteiger charge is -2.28. The minimum atomic E-state index is 0.225. The van der Waals surface area contributed by atoms with Gasteiger partial charge in [0.05, 0.1) is 0 Å². The predicted molar refractivity (Wildman–Crippen MR) is 76.9 cm³/mol. The molecule has 1 aromatic carbocycles. The summed E-state index contributed by atoms with van der Waals surface area (Å²) in [6, 6.07) is 5.72. The Balaban J connectivity index is 2.48. The molecule has 1 aromatic rings. The molecule has 3 heteroatoms. The van der Waals surface area contributed by atoms with Gasteiger partial charge in [0.15, 0.2) is 0 Å². The minimum absolute atomic E-state index is 0.225. The van der Waals surface area contributed by atoms with Gasteiger partial charge in [0.25, 0.3) is 0 Å². The van der Waals surface area contributed by atoms with Crippen molar-refractivity contribution in [3.05, 3.63) is 29.3 Å². The summed E-state index contributed by atoms with van der Waals surface area (Å²) in [6.45, 7) is 9.22. The first kappa shape index (κ1) is 15.0. The number of aryl methyl sites for hydroxylation is 1. The lowest BCUT2D eigenvalue weighted by Crippen LogP contribution is -2.37. The molecule has 102 valence electrons. The van der Waals surface area contributed by atoms with Gasteiger partial charge in [-0.2, -0.15) is 0 Å². The molecule has 0 fully saturated rings. The standard InChI is InChI=1S/C15H26N2O/c1-12-6-7-14(18)13(8-12)9-16-10-15(2,3)11-17(4)5/h6-8,16,18H,9-11H2,1-5H3. The van der Waals surface area contributed by atoms with E-state index in [2.05, 4.69) is 38.2 Å². The van der Waals surface area contributed by atoms with Crippen molar-refractivity contribution in [1.82, 2.24) is 10.2 Å². The summed E-state index contributed by atoms with van der Waals surface area (Å²) in [6.07, 6.45) is 0. The summed E-state index contributed by atoms with van der Waals surface area (Å²) in [7, 11) is 4.18. The van der Waals surface area contributed by atoms with Crippen molar-refractivity contribution in [2.45, 2.75) is 27.3 Å². The van der Waals surface area contributed by atoms with Crippen molar-refractivity contribution in [2.24, 2.45) is 5.41 Å². The van der Waals surface area contributed by atoms with Gasteiger partial charge in [-0.15, -0.1) is 0 Å². The normalized spacial score (nSPS) is 12.1. The van der Waals surface area contributed by atoms with Crippen LogP contribution in [0.25, 0.3) is 0 Å². The second-order valence-electron chi connectivity index (χ2n) is 6.14. The summed E-state index contributed by atoms with van der Waals surface area (Å²) >= 11 is 0. The highest BCUT2D eigenvalue weighted by molar-refractivity contribution is 5.35. The Morgan fingerprint density at radius 3 is 2.56 bits per heavy atom. The molecule has 2 N–H and O–H groups in total. The summed E-state index contributed by atoms with van der Waals surface area (Å²) in [5.41, 5.74) is 2.37. The van der Waals surface area contributed by atoms with E-state index in [0.717, 1.165) is 18.7 Å². The van der Waals surface area contributed by atoms with Crippen molar-refractivity contribution >= 4 is 0 Å². The van der Waals surface area contributed by atoms with Crippen LogP contribution in [0.1, 0.15) is 25.0 Å². The van der Waals surface area contributed by atoms with Crippen molar-refractivity contribution in [1.29, 1.82) is 0 Å². The van der Waals surface area contributed by atoms with E-state index in [1.165, 1.54) is 5.56 Å². The van der Waals surface area contributed by atoms with E-state index in [1.807, 2.05) is 19.1 Å². The average Bonchev–Trinajstić information content (AvgIpc) is 2.21. The maximum absolute atomic E-state index is 9.76. The van der Waals surface area contributed by atoms with E-state index in [1.54, 1.807) is 6.07 Å². The molecule has 3 nitrogen and oxygen atoms in total. The Morgan fingerprint density at radius 2 is 1.94 bits per heavy atom. The van der Waals surface area contributed by atoms with Crippen molar-refractivity contribution < 1.29 is 5.11 Å². The first-order chi connectivity index (χ1) is 8.30. The third kappa shape index (κ3) is 5.07. The average molecular weight is 250 g/mol. The molecule has 1 rings (SSSR count). The largest absolute Gasteiger partial charge is 0.508 e. The predicted octanol–water partition coefficient (Wildman–Crippen LogP) is 2.38. The van der Waals surface area contributed by atoms with Crippen LogP contribution in [0.2, 0.25) is 0 Å². The van der Waals surface area contributed by atoms with Crippen LogP contribution in [0.4, 0.5) is 0 Å². The molecule has 0 radical (unpaired) electrons. The van der Waals surface area contributed by atoms with Crippen LogP contribution in [0.5, 0.6) is 5.75 Å². The Kier molecular flexibility index (Phi) is 5.17. The van der Waals surface area contributed by atoms with Gasteiger partial charge < -0.3 is 15.3 Å². The number of phenolic OH excluding ortho intramolecular Hbond substituents is 1. The molecule has 0 spiro atoms. The Labute approximate surface area is 111 Å². The van der Waals surface area contributed by atoms with Crippen LogP contribution in [0, 0.1) is 12.3 Å². The Morgan fingerprint density at radius 1 is 1.28 bits per heavy atom. The number of aromatic hydroxyl groups is 1. The molecular formula is C15H26N2O. The van der Waals surface area contributed by atoms with Crippen LogP contribution in [0.15, 0.2) is 18.2 Å². The molecule has 0 aliphatic heterocycles. The second-order valence-corrected chi connectivity index (χ2v) is 6.14. The fourth-order valence-electron chi connectivity index (χ4n) is 2.30. The van der Waals surface area contributed by atoms with Gasteiger partial charge in [0.2, 0.25) is 0 Å². The number of nitrogens with one attached hydrogen (secondary N) is 1. The number of rotatable bonds is 6. The molecule has 18 heavy (non-hydrogen) atoms. The van der Waals surface area contributed by atoms with E-state index in [0.29, 0.717) is 12.3 Å². The molecule has 0 amide bonds. The number of phenols is 1. The van der Waals surface area contributed by atoms with E-state index in [-0.39, 0.29) is 5.41 Å². The quantitative estimate of drug-likeness (QED) is 0.813. The summed E-state index contributed by atoms with van der Waals surface area (Å²) in [5.74, 6) is 0.374. The number of nitrogens with zero attached hydrogens (tertiary/aromatic N) is 1. The molecule has 0 saturated carbocycles. The number of hydrogen-bond acceptors (Lipinski definition) is 3. The summed E-state index contributed by atoms with van der Waals surface area (Å²) < 4.78 is 0. The van der Waals surface area contributed by atoms with Gasteiger partial charge in [-0.3, -0.25) is 0 Å². The van der Waals surface area contributed by atoms with E-state index >= 15 is 0 Å². The molecule has 0 aliphatic carbocycles. The highest BCUT2D eigenvalue weighted by Gasteiger charge is 2.18. The second kappa shape index (κ2) is 6.21. The van der Waals surface area contributed by atoms with Gasteiger partial charge in [0.1, 0.15) is 5.75 Å². The zero-order valence-electron chi connectivity index (χ0n) is 12.2. The van der Waals surface area contributed by atoms with Crippen LogP contribution < -0.4 is 5.32 Å². The highest BCUT2D eigenvalue weighted by atomic mass is 16.3. The summed E-state index contributed by atoms with van der Waals surface area (Å²) in [5, 5.41) is 13.2. The number of hydrogen-bond donors (Lipinski definition) is 2. The lowest BCUT2D eigenvalue weighted by molar-refractivity contribution is 0.232. The molecule has 0 aromatic heterocycles. The van der Waals surface area contributed by atoms with E-state index in [9.17, 15) is 5.11 Å². The molecule has 0 unspecified atom stereocenters. The van der Waals surface area contributed by atoms with Crippen LogP contribution in [-0.2, 0) is 6.54 Å². The van der Waals surface area contributed by atoms with E-state index < -0.39 is 0 Å². The van der Waals surface area contributed by atoms with Crippen LogP contribution in [-0.4, -0.2) is 37.2 Å². The molecule has 0 heterocycles. The van der Waals surface area contributed by atoms with Crippen LogP contribution >= 0.6 is 0 Å². The topological polar surface area (TPSA) is 35.5 Å². The smallest absolute Gasteiger partial charge is 0.120 e. The molecule has 0 saturated heterocycles. The first-order valence-corrected chi connectivity index (χ1v) is 6.44. The lowest BCUT2D eigenvalue weighted by atomic mass is 9.93. The molecule has 0 atom stereocenters. The van der Waals surface area contributed by atoms with Crippen molar-refractivity contribution in [3.63, 3.8) is 0 Å². The zero-order chi connectivity index (χ0) is 13.8. The van der Waals surface area contributed by atoms with Gasteiger partial charge in [-0.05, 0) is 32.5 Å². The number of benzene rings is 1. The monoisotopic (exact) mass is 250 g/mol. The SMILES string of the molecule is Cc1ccc(O)c(CNCC(C)(C)CN(C)C)c1. The minimum Gasteiger partial charge on any atom is -0.508 e. The van der Waals surface area contributed by atoms with Crippen molar-refractivity contribution in [2.75, 3.05) is 27.2 Å². The third-order valence-corrected chi connectivity index (χ3v) is 2.90. The fraction of sp³-hybridized carbons (Fsp3) is 0.600. The summed E-state index contributed by atoms with van der Waals surface area (Å²) in [4.78, 5) is 2.20. The zero-order valence-corrected chi connectivity index (χ0v) is 12.2. The van der Waals surface area contributed by atoms with E-state index in [4.69, 9.17) is 0 Å². The van der Waals surface area contributed by atoms with Crippen molar-refractivity contribution in [3.8, 4) is 5.75 Å². The van der Waals surface area contributed by atoms with Gasteiger partial charge in [-0.1, -0.05) is 31.5 Å². The molecular weight excluding hydrogens is 224 g/mol. The molecule has 0 bridgehead atoms.